The van der Waals surface area contributed by atoms with Crippen LogP contribution in [-0.2, 0) is 15.0 Å². The molecule has 0 aromatic heterocycles. The fourth-order valence-electron chi connectivity index (χ4n) is 5.80. The summed E-state index contributed by atoms with van der Waals surface area (Å²) in [6.45, 7) is 13.5. The number of hydrogen-bond donors (Lipinski definition) is 0. The summed E-state index contributed by atoms with van der Waals surface area (Å²) in [5, 5.41) is 0.300. The van der Waals surface area contributed by atoms with Crippen molar-refractivity contribution in [3.8, 4) is 0 Å². The lowest BCUT2D eigenvalue weighted by Gasteiger charge is -2.38. The summed E-state index contributed by atoms with van der Waals surface area (Å²) in [6, 6.07) is 8.53. The molecule has 0 unspecified atom stereocenters. The van der Waals surface area contributed by atoms with Gasteiger partial charge in [-0.3, -0.25) is 19.4 Å². The van der Waals surface area contributed by atoms with Gasteiger partial charge < -0.3 is 4.90 Å². The molecule has 1 saturated heterocycles. The van der Waals surface area contributed by atoms with Gasteiger partial charge in [0.15, 0.2) is 5.11 Å². The van der Waals surface area contributed by atoms with Crippen LogP contribution in [0.15, 0.2) is 71.0 Å². The van der Waals surface area contributed by atoms with Gasteiger partial charge in [-0.2, -0.15) is 0 Å². The van der Waals surface area contributed by atoms with Gasteiger partial charge in [-0.1, -0.05) is 64.1 Å². The largest absolute Gasteiger partial charge is 0.347 e. The number of para-hydroxylation sites is 1. The molecule has 2 amide bonds. The predicted octanol–water partition coefficient (Wildman–Crippen LogP) is 5.89. The molecule has 0 spiro atoms. The van der Waals surface area contributed by atoms with E-state index >= 15 is 0 Å². The molecular weight excluding hydrogens is 466 g/mol. The highest BCUT2D eigenvalue weighted by Crippen LogP contribution is 2.46. The zero-order valence-electron chi connectivity index (χ0n) is 22.5. The molecule has 2 heterocycles. The Balaban J connectivity index is 1.72. The first kappa shape index (κ1) is 26.1. The van der Waals surface area contributed by atoms with Gasteiger partial charge in [0.05, 0.1) is 0 Å². The molecule has 3 aliphatic rings. The van der Waals surface area contributed by atoms with E-state index in [1.165, 1.54) is 26.7 Å². The number of allylic oxidation sites excluding steroid dienone is 7. The Morgan fingerprint density at radius 2 is 1.58 bits per heavy atom. The third-order valence-electron chi connectivity index (χ3n) is 7.55. The molecular formula is C30H37N3O2S. The maximum atomic E-state index is 13.3. The Morgan fingerprint density at radius 1 is 0.972 bits per heavy atom. The number of anilines is 1. The highest BCUT2D eigenvalue weighted by molar-refractivity contribution is 7.80. The second kappa shape index (κ2) is 9.47. The summed E-state index contributed by atoms with van der Waals surface area (Å²) in [5.74, 6) is -0.558. The third kappa shape index (κ3) is 4.36. The number of rotatable bonds is 4. The zero-order chi connectivity index (χ0) is 26.4. The van der Waals surface area contributed by atoms with Gasteiger partial charge in [0.25, 0.3) is 11.8 Å². The summed E-state index contributed by atoms with van der Waals surface area (Å²) in [5.41, 5.74) is 5.81. The summed E-state index contributed by atoms with van der Waals surface area (Å²) >= 11 is 5.44. The maximum absolute atomic E-state index is 13.3. The molecule has 0 atom stereocenters. The molecule has 1 aliphatic carbocycles. The molecule has 190 valence electrons. The van der Waals surface area contributed by atoms with Crippen molar-refractivity contribution in [1.29, 1.82) is 0 Å². The van der Waals surface area contributed by atoms with Crippen LogP contribution in [0.4, 0.5) is 5.69 Å². The minimum atomic E-state index is -0.279. The van der Waals surface area contributed by atoms with E-state index in [2.05, 4.69) is 82.1 Å². The topological polar surface area (TPSA) is 43.9 Å². The number of hydrogen-bond acceptors (Lipinski definition) is 4. The van der Waals surface area contributed by atoms with Gasteiger partial charge in [-0.15, -0.1) is 0 Å². The predicted molar refractivity (Wildman–Crippen MR) is 151 cm³/mol. The Bertz CT molecular complexity index is 1220. The van der Waals surface area contributed by atoms with E-state index < -0.39 is 0 Å². The van der Waals surface area contributed by atoms with Gasteiger partial charge in [0, 0.05) is 36.9 Å². The maximum Gasteiger partial charge on any atom is 0.265 e. The number of likely N-dealkylation sites (N-methyl/N-ethyl adjacent to an activating group) is 3. The van der Waals surface area contributed by atoms with Crippen molar-refractivity contribution in [2.45, 2.75) is 59.8 Å². The van der Waals surface area contributed by atoms with Crippen LogP contribution in [0.1, 0.15) is 59.9 Å². The lowest BCUT2D eigenvalue weighted by atomic mass is 9.73. The van der Waals surface area contributed by atoms with Crippen LogP contribution in [0.2, 0.25) is 0 Å². The molecule has 36 heavy (non-hydrogen) atoms. The van der Waals surface area contributed by atoms with Gasteiger partial charge >= 0.3 is 0 Å². The van der Waals surface area contributed by atoms with Crippen LogP contribution < -0.4 is 4.90 Å². The van der Waals surface area contributed by atoms with Crippen molar-refractivity contribution in [2.75, 3.05) is 25.0 Å². The summed E-state index contributed by atoms with van der Waals surface area (Å²) in [4.78, 5) is 32.0. The standard InChI is InChI=1S/C30H37N3O2S/c1-8-32-26(34)25(27(35)33(9-2)28(32)36)21-17-20(18-29(3,4)19-21)13-12-16-24-30(5,6)22-14-10-11-15-23(22)31(24)7/h10-17H,8-9,18-19H2,1-7H3/b13-12+,24-16+. The van der Waals surface area contributed by atoms with Gasteiger partial charge in [-0.25, -0.2) is 0 Å². The summed E-state index contributed by atoms with van der Waals surface area (Å²) in [7, 11) is 2.11. The first-order chi connectivity index (χ1) is 16.9. The monoisotopic (exact) mass is 503 g/mol. The van der Waals surface area contributed by atoms with Crippen LogP contribution in [0.5, 0.6) is 0 Å². The molecule has 2 aliphatic heterocycles. The van der Waals surface area contributed by atoms with Crippen LogP contribution in [0.3, 0.4) is 0 Å². The number of carbonyl (C=O) groups excluding carboxylic acids is 2. The molecule has 0 N–H and O–H groups in total. The fraction of sp³-hybridized carbons (Fsp3) is 0.433. The van der Waals surface area contributed by atoms with Crippen molar-refractivity contribution in [2.24, 2.45) is 5.41 Å². The fourth-order valence-corrected chi connectivity index (χ4v) is 6.23. The minimum Gasteiger partial charge on any atom is -0.347 e. The molecule has 5 nitrogen and oxygen atoms in total. The number of benzene rings is 1. The van der Waals surface area contributed by atoms with Crippen molar-refractivity contribution in [1.82, 2.24) is 9.80 Å². The number of amides is 2. The van der Waals surface area contributed by atoms with E-state index in [4.69, 9.17) is 12.2 Å². The third-order valence-corrected chi connectivity index (χ3v) is 7.99. The van der Waals surface area contributed by atoms with Crippen molar-refractivity contribution in [3.05, 3.63) is 76.5 Å². The average molecular weight is 504 g/mol. The summed E-state index contributed by atoms with van der Waals surface area (Å²) < 4.78 is 0. The molecule has 1 aromatic carbocycles. The Kier molecular flexibility index (Phi) is 6.86. The van der Waals surface area contributed by atoms with E-state index in [0.29, 0.717) is 24.6 Å². The lowest BCUT2D eigenvalue weighted by Crippen LogP contribution is -2.56. The van der Waals surface area contributed by atoms with E-state index in [-0.39, 0.29) is 28.2 Å². The SMILES string of the molecule is CCN1C(=O)C(=C2C=C(/C=C/C=C3/N(C)c4ccccc4C3(C)C)CC(C)(C)C2)C(=O)N(CC)C1=S. The minimum absolute atomic E-state index is 0.0733. The number of carbonyl (C=O) groups is 2. The van der Waals surface area contributed by atoms with Crippen LogP contribution in [0, 0.1) is 5.41 Å². The molecule has 0 bridgehead atoms. The van der Waals surface area contributed by atoms with E-state index in [1.807, 2.05) is 19.9 Å². The zero-order valence-corrected chi connectivity index (χ0v) is 23.3. The quantitative estimate of drug-likeness (QED) is 0.292. The summed E-state index contributed by atoms with van der Waals surface area (Å²) in [6.07, 6.45) is 10.00. The Hall–Kier alpha value is -2.99. The van der Waals surface area contributed by atoms with E-state index in [0.717, 1.165) is 17.6 Å². The molecule has 0 saturated carbocycles. The number of nitrogens with zero attached hydrogens (tertiary/aromatic N) is 3. The number of fused-ring (bicyclic) bond motifs is 1. The highest BCUT2D eigenvalue weighted by Gasteiger charge is 2.41. The highest BCUT2D eigenvalue weighted by atomic mass is 32.1. The first-order valence-corrected chi connectivity index (χ1v) is 13.2. The molecule has 0 radical (unpaired) electrons. The van der Waals surface area contributed by atoms with Crippen molar-refractivity contribution >= 4 is 34.8 Å². The Morgan fingerprint density at radius 3 is 2.17 bits per heavy atom. The molecule has 6 heteroatoms. The van der Waals surface area contributed by atoms with Gasteiger partial charge in [0.2, 0.25) is 0 Å². The van der Waals surface area contributed by atoms with E-state index in [9.17, 15) is 9.59 Å². The van der Waals surface area contributed by atoms with Crippen molar-refractivity contribution < 1.29 is 9.59 Å². The first-order valence-electron chi connectivity index (χ1n) is 12.8. The van der Waals surface area contributed by atoms with Crippen LogP contribution >= 0.6 is 12.2 Å². The van der Waals surface area contributed by atoms with Gasteiger partial charge in [0.1, 0.15) is 5.57 Å². The number of thiocarbonyl (C=S) groups is 1. The van der Waals surface area contributed by atoms with Crippen molar-refractivity contribution in [3.63, 3.8) is 0 Å². The molecule has 1 fully saturated rings. The Labute approximate surface area is 220 Å². The second-order valence-corrected chi connectivity index (χ2v) is 11.5. The average Bonchev–Trinajstić information content (AvgIpc) is 2.99. The van der Waals surface area contributed by atoms with Crippen LogP contribution in [0.25, 0.3) is 0 Å². The van der Waals surface area contributed by atoms with E-state index in [1.54, 1.807) is 0 Å². The molecule has 4 rings (SSSR count). The smallest absolute Gasteiger partial charge is 0.265 e. The lowest BCUT2D eigenvalue weighted by molar-refractivity contribution is -0.133. The second-order valence-electron chi connectivity index (χ2n) is 11.1. The normalized spacial score (nSPS) is 22.8. The van der Waals surface area contributed by atoms with Crippen LogP contribution in [-0.4, -0.2) is 46.9 Å². The van der Waals surface area contributed by atoms with Gasteiger partial charge in [-0.05, 0) is 73.2 Å². The molecule has 1 aromatic rings.